The van der Waals surface area contributed by atoms with Gasteiger partial charge in [0.1, 0.15) is 24.4 Å². The van der Waals surface area contributed by atoms with Crippen molar-refractivity contribution in [1.82, 2.24) is 4.90 Å². The number of rotatable bonds is 8. The molecule has 4 N–H and O–H groups in total. The van der Waals surface area contributed by atoms with Gasteiger partial charge in [0.05, 0.1) is 41.1 Å². The van der Waals surface area contributed by atoms with Gasteiger partial charge in [-0.2, -0.15) is 0 Å². The minimum absolute atomic E-state index is 0.214. The van der Waals surface area contributed by atoms with Gasteiger partial charge in [-0.15, -0.1) is 0 Å². The van der Waals surface area contributed by atoms with E-state index in [0.717, 1.165) is 0 Å². The molecule has 0 amide bonds. The first-order chi connectivity index (χ1) is 21.1. The second-order valence-corrected chi connectivity index (χ2v) is 14.9. The Morgan fingerprint density at radius 1 is 0.978 bits per heavy atom. The average molecular weight is 661 g/mol. The highest BCUT2D eigenvalue weighted by Gasteiger charge is 2.51. The van der Waals surface area contributed by atoms with E-state index in [1.54, 1.807) is 41.5 Å². The Hall–Kier alpha value is -1.38. The van der Waals surface area contributed by atoms with Crippen LogP contribution >= 0.6 is 0 Å². The van der Waals surface area contributed by atoms with Crippen LogP contribution < -0.4 is 0 Å². The number of ether oxygens (including phenoxy) is 4. The summed E-state index contributed by atoms with van der Waals surface area (Å²) in [6.07, 6.45) is -4.76. The van der Waals surface area contributed by atoms with Crippen molar-refractivity contribution in [2.45, 2.75) is 142 Å². The summed E-state index contributed by atoms with van der Waals surface area (Å²) in [4.78, 5) is 21.5. The summed E-state index contributed by atoms with van der Waals surface area (Å²) in [6, 6.07) is 0. The number of carbonyl (C=O) groups is 1. The van der Waals surface area contributed by atoms with Crippen molar-refractivity contribution in [3.63, 3.8) is 0 Å². The van der Waals surface area contributed by atoms with E-state index in [9.17, 15) is 25.2 Å². The van der Waals surface area contributed by atoms with Crippen molar-refractivity contribution < 1.29 is 49.0 Å². The van der Waals surface area contributed by atoms with E-state index >= 15 is 0 Å². The largest absolute Gasteiger partial charge is 0.459 e. The van der Waals surface area contributed by atoms with Crippen molar-refractivity contribution in [2.75, 3.05) is 34.4 Å². The van der Waals surface area contributed by atoms with Gasteiger partial charge in [-0.1, -0.05) is 39.8 Å². The minimum Gasteiger partial charge on any atom is -0.459 e. The quantitative estimate of drug-likeness (QED) is 0.172. The molecule has 0 bridgehead atoms. The summed E-state index contributed by atoms with van der Waals surface area (Å²) in [6.45, 7) is 18.7. The van der Waals surface area contributed by atoms with E-state index in [2.05, 4.69) is 5.16 Å². The lowest BCUT2D eigenvalue weighted by Gasteiger charge is -2.47. The Balaban J connectivity index is 2.59. The zero-order chi connectivity index (χ0) is 35.4. The number of esters is 1. The predicted octanol–water partition coefficient (Wildman–Crippen LogP) is 2.98. The average Bonchev–Trinajstić information content (AvgIpc) is 2.98. The van der Waals surface area contributed by atoms with Gasteiger partial charge in [-0.25, -0.2) is 0 Å². The molecule has 0 spiro atoms. The number of methoxy groups -OCH3 is 1. The minimum atomic E-state index is -1.84. The summed E-state index contributed by atoms with van der Waals surface area (Å²) in [5.41, 5.74) is -3.55. The molecule has 2 saturated heterocycles. The number of hydrogen-bond acceptors (Lipinski definition) is 12. The third-order valence-corrected chi connectivity index (χ3v) is 10.8. The Bertz CT molecular complexity index is 1010. The Morgan fingerprint density at radius 2 is 1.59 bits per heavy atom. The molecular formula is C34H64N2O10. The van der Waals surface area contributed by atoms with E-state index < -0.39 is 71.4 Å². The molecule has 14 atom stereocenters. The zero-order valence-corrected chi connectivity index (χ0v) is 30.5. The highest BCUT2D eigenvalue weighted by Crippen LogP contribution is 2.40. The first kappa shape index (κ1) is 40.8. The van der Waals surface area contributed by atoms with E-state index in [1.165, 1.54) is 14.0 Å². The molecule has 2 fully saturated rings. The number of aliphatic hydroxyl groups excluding tert-OH is 2. The van der Waals surface area contributed by atoms with Gasteiger partial charge in [0.2, 0.25) is 0 Å². The fourth-order valence-electron chi connectivity index (χ4n) is 7.05. The van der Waals surface area contributed by atoms with Crippen LogP contribution in [-0.2, 0) is 28.6 Å². The van der Waals surface area contributed by atoms with E-state index in [1.807, 2.05) is 39.8 Å². The number of aliphatic hydroxyl groups is 4. The second-order valence-electron chi connectivity index (χ2n) is 14.9. The van der Waals surface area contributed by atoms with Crippen LogP contribution in [0.2, 0.25) is 0 Å². The molecule has 2 aliphatic rings. The first-order valence-corrected chi connectivity index (χ1v) is 16.9. The molecule has 0 aromatic carbocycles. The summed E-state index contributed by atoms with van der Waals surface area (Å²) in [5, 5.41) is 50.5. The van der Waals surface area contributed by atoms with Crippen LogP contribution in [0.1, 0.15) is 88.5 Å². The number of cyclic esters (lactones) is 1. The number of hydrogen-bond donors (Lipinski definition) is 4. The van der Waals surface area contributed by atoms with Gasteiger partial charge in [0.15, 0.2) is 6.29 Å². The number of oxime groups is 1. The number of likely N-dealkylation sites (N-methyl/N-ethyl adjacent to an activating group) is 1. The lowest BCUT2D eigenvalue weighted by molar-refractivity contribution is -0.298. The standard InChI is InChI=1S/C34H64N2O10/c1-14-25-34(10,41)29(37)21(4)27(35-43-16-15-36(11)12)19(2)17-32(8,40)23(6)20(3)28(22(5)31(39)45-25)46-26-18-33(9,42-13)30(38)24(7)44-26/h19-26,28-30,37-38,40-41H,14-18H2,1-13H3/b35-27+/t19-,20-,21+,22-,23-,24+,25-,26+,28+,29-,30+,32-,33-,34-/m1/s1. The van der Waals surface area contributed by atoms with Crippen LogP contribution in [0.3, 0.4) is 0 Å². The van der Waals surface area contributed by atoms with Crippen LogP contribution in [0, 0.1) is 29.6 Å². The molecule has 46 heavy (non-hydrogen) atoms. The molecule has 0 unspecified atom stereocenters. The van der Waals surface area contributed by atoms with Crippen LogP contribution in [0.25, 0.3) is 0 Å². The monoisotopic (exact) mass is 660 g/mol. The zero-order valence-electron chi connectivity index (χ0n) is 30.5. The number of carbonyl (C=O) groups excluding carboxylic acids is 1. The fourth-order valence-corrected chi connectivity index (χ4v) is 7.05. The lowest BCUT2D eigenvalue weighted by Crippen LogP contribution is -2.58. The molecule has 2 rings (SSSR count). The Kier molecular flexibility index (Phi) is 14.5. The van der Waals surface area contributed by atoms with Crippen molar-refractivity contribution in [3.8, 4) is 0 Å². The maximum atomic E-state index is 13.8. The van der Waals surface area contributed by atoms with Gasteiger partial charge < -0.3 is 49.1 Å². The molecule has 0 aromatic rings. The fraction of sp³-hybridized carbons (Fsp3) is 0.941. The topological polar surface area (TPSA) is 160 Å². The van der Waals surface area contributed by atoms with Gasteiger partial charge in [-0.3, -0.25) is 4.79 Å². The summed E-state index contributed by atoms with van der Waals surface area (Å²) in [7, 11) is 5.38. The van der Waals surface area contributed by atoms with Gasteiger partial charge in [0.25, 0.3) is 0 Å². The third kappa shape index (κ3) is 9.40. The van der Waals surface area contributed by atoms with Crippen LogP contribution in [0.4, 0.5) is 0 Å². The van der Waals surface area contributed by atoms with Crippen LogP contribution in [-0.4, -0.2) is 125 Å². The summed E-state index contributed by atoms with van der Waals surface area (Å²) < 4.78 is 24.3. The molecule has 12 nitrogen and oxygen atoms in total. The van der Waals surface area contributed by atoms with Crippen molar-refractivity contribution in [1.29, 1.82) is 0 Å². The van der Waals surface area contributed by atoms with E-state index in [4.69, 9.17) is 23.8 Å². The number of nitrogens with zero attached hydrogens (tertiary/aromatic N) is 2. The molecule has 270 valence electrons. The molecule has 0 aliphatic carbocycles. The lowest BCUT2D eigenvalue weighted by atomic mass is 9.70. The summed E-state index contributed by atoms with van der Waals surface area (Å²) >= 11 is 0. The van der Waals surface area contributed by atoms with E-state index in [0.29, 0.717) is 18.9 Å². The van der Waals surface area contributed by atoms with Gasteiger partial charge in [-0.05, 0) is 73.4 Å². The SMILES string of the molecule is CC[C@H]1OC(=O)[C@H](C)[C@@H](O[C@H]2C[C@@](C)(OC)[C@@H](O)[C@H](C)O2)[C@H](C)[C@@H](C)[C@](C)(O)C[C@@H](C)/C(=N\OCCN(C)C)[C@H](C)[C@@H](O)[C@]1(C)O. The van der Waals surface area contributed by atoms with Crippen LogP contribution in [0.15, 0.2) is 5.16 Å². The smallest absolute Gasteiger partial charge is 0.311 e. The molecule has 2 aliphatic heterocycles. The molecule has 0 aromatic heterocycles. The van der Waals surface area contributed by atoms with Gasteiger partial charge >= 0.3 is 5.97 Å². The molecule has 12 heteroatoms. The van der Waals surface area contributed by atoms with Crippen LogP contribution in [0.5, 0.6) is 0 Å². The molecular weight excluding hydrogens is 596 g/mol. The molecule has 0 radical (unpaired) electrons. The van der Waals surface area contributed by atoms with Crippen molar-refractivity contribution in [3.05, 3.63) is 0 Å². The highest BCUT2D eigenvalue weighted by molar-refractivity contribution is 5.88. The Morgan fingerprint density at radius 3 is 2.13 bits per heavy atom. The third-order valence-electron chi connectivity index (χ3n) is 10.8. The molecule has 0 saturated carbocycles. The predicted molar refractivity (Wildman–Crippen MR) is 175 cm³/mol. The van der Waals surface area contributed by atoms with Crippen molar-refractivity contribution >= 4 is 11.7 Å². The highest BCUT2D eigenvalue weighted by atomic mass is 16.7. The van der Waals surface area contributed by atoms with Crippen molar-refractivity contribution in [2.24, 2.45) is 34.7 Å². The second kappa shape index (κ2) is 16.3. The Labute approximate surface area is 276 Å². The normalized spacial score (nSPS) is 46.2. The van der Waals surface area contributed by atoms with E-state index in [-0.39, 0.29) is 37.0 Å². The van der Waals surface area contributed by atoms with Gasteiger partial charge in [0, 0.05) is 31.9 Å². The maximum absolute atomic E-state index is 13.8. The molecule has 2 heterocycles. The maximum Gasteiger partial charge on any atom is 0.311 e. The summed E-state index contributed by atoms with van der Waals surface area (Å²) in [5.74, 6) is -3.26. The first-order valence-electron chi connectivity index (χ1n) is 16.9.